The van der Waals surface area contributed by atoms with Crippen LogP contribution in [0.1, 0.15) is 38.8 Å². The Morgan fingerprint density at radius 3 is 2.70 bits per heavy atom. The lowest BCUT2D eigenvalue weighted by atomic mass is 10.1. The van der Waals surface area contributed by atoms with Gasteiger partial charge in [0.25, 0.3) is 5.56 Å². The fourth-order valence-electron chi connectivity index (χ4n) is 3.50. The van der Waals surface area contributed by atoms with Gasteiger partial charge in [-0.25, -0.2) is 9.67 Å². The molecule has 158 valence electrons. The molecule has 1 atom stereocenters. The monoisotopic (exact) mass is 427 g/mol. The zero-order chi connectivity index (χ0) is 21.5. The van der Waals surface area contributed by atoms with Crippen LogP contribution in [-0.2, 0) is 16.9 Å². The van der Waals surface area contributed by atoms with Gasteiger partial charge in [0.05, 0.1) is 24.9 Å². The molecule has 8 nitrogen and oxygen atoms in total. The number of ether oxygens (including phenoxy) is 1. The van der Waals surface area contributed by atoms with Gasteiger partial charge in [-0.1, -0.05) is 23.9 Å². The van der Waals surface area contributed by atoms with Crippen LogP contribution in [0.5, 0.6) is 5.75 Å². The van der Waals surface area contributed by atoms with Crippen molar-refractivity contribution in [2.45, 2.75) is 50.5 Å². The first-order valence-corrected chi connectivity index (χ1v) is 10.8. The highest BCUT2D eigenvalue weighted by molar-refractivity contribution is 7.99. The third-order valence-electron chi connectivity index (χ3n) is 5.08. The minimum atomic E-state index is -0.274. The molecule has 0 fully saturated rings. The number of aromatic nitrogens is 4. The largest absolute Gasteiger partial charge is 0.497 e. The summed E-state index contributed by atoms with van der Waals surface area (Å²) in [6.07, 6.45) is 1.81. The van der Waals surface area contributed by atoms with Crippen LogP contribution in [0.25, 0.3) is 11.0 Å². The van der Waals surface area contributed by atoms with E-state index in [1.807, 2.05) is 45.0 Å². The highest BCUT2D eigenvalue weighted by Crippen LogP contribution is 2.33. The lowest BCUT2D eigenvalue weighted by Crippen LogP contribution is -2.31. The quantitative estimate of drug-likeness (QED) is 0.630. The molecule has 3 heterocycles. The molecule has 0 aliphatic carbocycles. The van der Waals surface area contributed by atoms with Gasteiger partial charge < -0.3 is 10.1 Å². The second kappa shape index (κ2) is 7.79. The van der Waals surface area contributed by atoms with Crippen molar-refractivity contribution in [2.75, 3.05) is 12.9 Å². The molecule has 0 bridgehead atoms. The molecule has 0 saturated carbocycles. The molecule has 1 aromatic carbocycles. The first kappa shape index (κ1) is 20.5. The smallest absolute Gasteiger partial charge is 0.265 e. The summed E-state index contributed by atoms with van der Waals surface area (Å²) >= 11 is 1.51. The van der Waals surface area contributed by atoms with Gasteiger partial charge in [-0.2, -0.15) is 5.10 Å². The predicted octanol–water partition coefficient (Wildman–Crippen LogP) is 2.71. The summed E-state index contributed by atoms with van der Waals surface area (Å²) in [6, 6.07) is 7.33. The zero-order valence-electron chi connectivity index (χ0n) is 17.5. The molecule has 1 N–H and O–H groups in total. The Morgan fingerprint density at radius 1 is 1.30 bits per heavy atom. The van der Waals surface area contributed by atoms with E-state index in [1.54, 1.807) is 22.6 Å². The first-order chi connectivity index (χ1) is 14.3. The highest BCUT2D eigenvalue weighted by atomic mass is 32.2. The van der Waals surface area contributed by atoms with E-state index < -0.39 is 0 Å². The molecule has 2 aromatic heterocycles. The van der Waals surface area contributed by atoms with Gasteiger partial charge in [0.15, 0.2) is 10.8 Å². The number of fused-ring (bicyclic) bond motifs is 2. The maximum Gasteiger partial charge on any atom is 0.265 e. The molecular formula is C21H25N5O3S. The SMILES string of the molecule is COc1ccc(CNC(=O)CC2CSc3nc4c(cnn4C(C)(C)C)c(=O)n32)cc1. The van der Waals surface area contributed by atoms with Gasteiger partial charge in [0.1, 0.15) is 11.1 Å². The van der Waals surface area contributed by atoms with E-state index in [2.05, 4.69) is 10.4 Å². The molecule has 30 heavy (non-hydrogen) atoms. The molecule has 9 heteroatoms. The third kappa shape index (κ3) is 3.81. The standard InChI is InChI=1S/C21H25N5O3S/c1-21(2,3)26-18-16(11-23-26)19(28)25-14(12-30-20(25)24-18)9-17(27)22-10-13-5-7-15(29-4)8-6-13/h5-8,11,14H,9-10,12H2,1-4H3,(H,22,27). The Bertz CT molecular complexity index is 1140. The highest BCUT2D eigenvalue weighted by Gasteiger charge is 2.30. The van der Waals surface area contributed by atoms with E-state index >= 15 is 0 Å². The molecule has 0 spiro atoms. The Balaban J connectivity index is 1.50. The van der Waals surface area contributed by atoms with Crippen LogP contribution < -0.4 is 15.6 Å². The second-order valence-electron chi connectivity index (χ2n) is 8.33. The Morgan fingerprint density at radius 2 is 2.03 bits per heavy atom. The molecule has 0 radical (unpaired) electrons. The lowest BCUT2D eigenvalue weighted by molar-refractivity contribution is -0.121. The van der Waals surface area contributed by atoms with Crippen molar-refractivity contribution in [3.63, 3.8) is 0 Å². The minimum Gasteiger partial charge on any atom is -0.497 e. The molecule has 1 amide bonds. The van der Waals surface area contributed by atoms with Gasteiger partial charge in [-0.3, -0.25) is 14.2 Å². The van der Waals surface area contributed by atoms with Gasteiger partial charge >= 0.3 is 0 Å². The topological polar surface area (TPSA) is 91.0 Å². The minimum absolute atomic E-state index is 0.0957. The molecule has 1 aliphatic rings. The summed E-state index contributed by atoms with van der Waals surface area (Å²) in [6.45, 7) is 6.50. The van der Waals surface area contributed by atoms with E-state index in [9.17, 15) is 9.59 Å². The summed E-state index contributed by atoms with van der Waals surface area (Å²) in [7, 11) is 1.62. The van der Waals surface area contributed by atoms with E-state index in [0.717, 1.165) is 11.3 Å². The normalized spacial score (nSPS) is 15.9. The number of nitrogens with zero attached hydrogens (tertiary/aromatic N) is 4. The van der Waals surface area contributed by atoms with Crippen molar-refractivity contribution in [3.05, 3.63) is 46.4 Å². The van der Waals surface area contributed by atoms with E-state index in [0.29, 0.717) is 28.5 Å². The average Bonchev–Trinajstić information content (AvgIpc) is 3.31. The van der Waals surface area contributed by atoms with E-state index in [-0.39, 0.29) is 29.5 Å². The maximum absolute atomic E-state index is 13.1. The van der Waals surface area contributed by atoms with E-state index in [1.165, 1.54) is 11.8 Å². The number of hydrogen-bond donors (Lipinski definition) is 1. The number of hydrogen-bond acceptors (Lipinski definition) is 6. The number of carbonyl (C=O) groups is 1. The summed E-state index contributed by atoms with van der Waals surface area (Å²) in [5.41, 5.74) is 1.17. The summed E-state index contributed by atoms with van der Waals surface area (Å²) in [5, 5.41) is 8.44. The van der Waals surface area contributed by atoms with Gasteiger partial charge in [-0.15, -0.1) is 0 Å². The molecule has 4 rings (SSSR count). The fourth-order valence-corrected chi connectivity index (χ4v) is 4.63. The number of rotatable bonds is 5. The van der Waals surface area contributed by atoms with Gasteiger partial charge in [0.2, 0.25) is 5.91 Å². The summed E-state index contributed by atoms with van der Waals surface area (Å²) < 4.78 is 8.57. The number of benzene rings is 1. The number of nitrogens with one attached hydrogen (secondary N) is 1. The maximum atomic E-state index is 13.1. The van der Waals surface area contributed by atoms with Crippen molar-refractivity contribution in [1.29, 1.82) is 0 Å². The van der Waals surface area contributed by atoms with Crippen LogP contribution in [0.3, 0.4) is 0 Å². The molecular weight excluding hydrogens is 402 g/mol. The van der Waals surface area contributed by atoms with Crippen LogP contribution in [0.2, 0.25) is 0 Å². The van der Waals surface area contributed by atoms with Crippen molar-refractivity contribution < 1.29 is 9.53 Å². The summed E-state index contributed by atoms with van der Waals surface area (Å²) in [4.78, 5) is 30.3. The van der Waals surface area contributed by atoms with E-state index in [4.69, 9.17) is 9.72 Å². The third-order valence-corrected chi connectivity index (χ3v) is 6.17. The van der Waals surface area contributed by atoms with Crippen molar-refractivity contribution in [1.82, 2.24) is 24.6 Å². The van der Waals surface area contributed by atoms with Crippen LogP contribution in [-0.4, -0.2) is 38.1 Å². The molecule has 0 saturated heterocycles. The Hall–Kier alpha value is -2.81. The number of carbonyl (C=O) groups excluding carboxylic acids is 1. The van der Waals surface area contributed by atoms with Crippen molar-refractivity contribution >= 4 is 28.7 Å². The van der Waals surface area contributed by atoms with Crippen LogP contribution in [0.15, 0.2) is 40.4 Å². The number of methoxy groups -OCH3 is 1. The van der Waals surface area contributed by atoms with Crippen LogP contribution >= 0.6 is 11.8 Å². The predicted molar refractivity (Wildman–Crippen MR) is 116 cm³/mol. The zero-order valence-corrected chi connectivity index (χ0v) is 18.3. The van der Waals surface area contributed by atoms with Gasteiger partial charge in [0, 0.05) is 18.7 Å². The average molecular weight is 428 g/mol. The first-order valence-electron chi connectivity index (χ1n) is 9.81. The number of thioether (sulfide) groups is 1. The van der Waals surface area contributed by atoms with Crippen molar-refractivity contribution in [3.8, 4) is 5.75 Å². The molecule has 1 aliphatic heterocycles. The number of amides is 1. The molecule has 3 aromatic rings. The Labute approximate surface area is 178 Å². The van der Waals surface area contributed by atoms with Crippen LogP contribution in [0.4, 0.5) is 0 Å². The fraction of sp³-hybridized carbons (Fsp3) is 0.429. The van der Waals surface area contributed by atoms with Crippen LogP contribution in [0, 0.1) is 0 Å². The lowest BCUT2D eigenvalue weighted by Gasteiger charge is -2.20. The Kier molecular flexibility index (Phi) is 5.31. The molecule has 1 unspecified atom stereocenters. The second-order valence-corrected chi connectivity index (χ2v) is 9.31. The van der Waals surface area contributed by atoms with Gasteiger partial charge in [-0.05, 0) is 38.5 Å². The summed E-state index contributed by atoms with van der Waals surface area (Å²) in [5.74, 6) is 1.33. The van der Waals surface area contributed by atoms with Crippen molar-refractivity contribution in [2.24, 2.45) is 0 Å².